The van der Waals surface area contributed by atoms with Crippen molar-refractivity contribution in [2.45, 2.75) is 39.3 Å². The molecule has 1 aromatic carbocycles. The van der Waals surface area contributed by atoms with Gasteiger partial charge in [0, 0.05) is 19.5 Å². The molecule has 0 spiro atoms. The van der Waals surface area contributed by atoms with E-state index in [1.54, 1.807) is 0 Å². The van der Waals surface area contributed by atoms with Crippen LogP contribution in [0.4, 0.5) is 0 Å². The number of nitrogens with one attached hydrogen (secondary N) is 2. The lowest BCUT2D eigenvalue weighted by atomic mass is 10.1. The number of carbonyl (C=O) groups is 1. The van der Waals surface area contributed by atoms with E-state index in [4.69, 9.17) is 4.74 Å². The topological polar surface area (TPSA) is 50.4 Å². The summed E-state index contributed by atoms with van der Waals surface area (Å²) in [6, 6.07) is 6.07. The van der Waals surface area contributed by atoms with Crippen molar-refractivity contribution in [2.75, 3.05) is 13.1 Å². The summed E-state index contributed by atoms with van der Waals surface area (Å²) in [5.74, 6) is 1.01. The van der Waals surface area contributed by atoms with E-state index >= 15 is 0 Å². The highest BCUT2D eigenvalue weighted by atomic mass is 16.5. The molecule has 0 bridgehead atoms. The van der Waals surface area contributed by atoms with Crippen molar-refractivity contribution in [3.8, 4) is 5.75 Å². The molecule has 0 saturated carbocycles. The fraction of sp³-hybridized carbons (Fsp3) is 0.533. The molecule has 19 heavy (non-hydrogen) atoms. The van der Waals surface area contributed by atoms with Crippen LogP contribution in [0, 0.1) is 6.92 Å². The second-order valence-electron chi connectivity index (χ2n) is 5.08. The summed E-state index contributed by atoms with van der Waals surface area (Å²) in [5, 5.41) is 6.02. The maximum Gasteiger partial charge on any atom is 0.236 e. The zero-order chi connectivity index (χ0) is 13.8. The Labute approximate surface area is 114 Å². The van der Waals surface area contributed by atoms with Gasteiger partial charge in [-0.05, 0) is 32.4 Å². The first-order valence-corrected chi connectivity index (χ1v) is 6.87. The fourth-order valence-electron chi connectivity index (χ4n) is 2.29. The highest BCUT2D eigenvalue weighted by molar-refractivity contribution is 5.81. The minimum atomic E-state index is -0.186. The van der Waals surface area contributed by atoms with E-state index in [-0.39, 0.29) is 18.1 Å². The number of aryl methyl sites for hydroxylation is 1. The first kappa shape index (κ1) is 13.9. The minimum Gasteiger partial charge on any atom is -0.488 e. The number of ether oxygens (including phenoxy) is 1. The van der Waals surface area contributed by atoms with Crippen molar-refractivity contribution >= 4 is 5.91 Å². The number of fused-ring (bicyclic) bond motifs is 1. The monoisotopic (exact) mass is 262 g/mol. The lowest BCUT2D eigenvalue weighted by Gasteiger charge is -2.16. The minimum absolute atomic E-state index is 0.0360. The second-order valence-corrected chi connectivity index (χ2v) is 5.08. The average Bonchev–Trinajstić information content (AvgIpc) is 2.78. The van der Waals surface area contributed by atoms with Crippen molar-refractivity contribution in [3.05, 3.63) is 29.3 Å². The largest absolute Gasteiger partial charge is 0.488 e. The van der Waals surface area contributed by atoms with E-state index in [1.807, 2.05) is 19.9 Å². The van der Waals surface area contributed by atoms with Gasteiger partial charge in [-0.1, -0.05) is 17.7 Å². The van der Waals surface area contributed by atoms with Gasteiger partial charge in [0.1, 0.15) is 11.9 Å². The summed E-state index contributed by atoms with van der Waals surface area (Å²) in [6.07, 6.45) is 1.03. The highest BCUT2D eigenvalue weighted by Crippen LogP contribution is 2.29. The van der Waals surface area contributed by atoms with Crippen molar-refractivity contribution in [1.82, 2.24) is 10.6 Å². The molecule has 4 heteroatoms. The third-order valence-corrected chi connectivity index (χ3v) is 3.35. The number of likely N-dealkylation sites (N-methyl/N-ethyl adjacent to an activating group) is 1. The Balaban J connectivity index is 1.82. The maximum absolute atomic E-state index is 11.6. The summed E-state index contributed by atoms with van der Waals surface area (Å²) in [6.45, 7) is 7.23. The number of benzene rings is 1. The Morgan fingerprint density at radius 3 is 3.05 bits per heavy atom. The molecule has 0 aliphatic carbocycles. The average molecular weight is 262 g/mol. The molecular formula is C15H22N2O2. The van der Waals surface area contributed by atoms with Gasteiger partial charge in [-0.2, -0.15) is 0 Å². The summed E-state index contributed by atoms with van der Waals surface area (Å²) < 4.78 is 5.86. The van der Waals surface area contributed by atoms with Crippen molar-refractivity contribution < 1.29 is 9.53 Å². The van der Waals surface area contributed by atoms with Gasteiger partial charge < -0.3 is 15.4 Å². The maximum atomic E-state index is 11.6. The predicted molar refractivity (Wildman–Crippen MR) is 75.4 cm³/mol. The summed E-state index contributed by atoms with van der Waals surface area (Å²) in [7, 11) is 0. The third-order valence-electron chi connectivity index (χ3n) is 3.35. The molecule has 2 rings (SSSR count). The molecule has 1 heterocycles. The van der Waals surface area contributed by atoms with Crippen LogP contribution in [0.1, 0.15) is 25.0 Å². The summed E-state index contributed by atoms with van der Waals surface area (Å²) in [4.78, 5) is 11.6. The highest BCUT2D eigenvalue weighted by Gasteiger charge is 2.23. The number of rotatable bonds is 5. The van der Waals surface area contributed by atoms with Gasteiger partial charge in [-0.15, -0.1) is 0 Å². The van der Waals surface area contributed by atoms with Crippen LogP contribution in [0.15, 0.2) is 18.2 Å². The predicted octanol–water partition coefficient (Wildman–Crippen LogP) is 1.41. The molecule has 2 N–H and O–H groups in total. The molecule has 1 amide bonds. The van der Waals surface area contributed by atoms with Gasteiger partial charge in [0.05, 0.1) is 6.04 Å². The lowest BCUT2D eigenvalue weighted by molar-refractivity contribution is -0.122. The van der Waals surface area contributed by atoms with Gasteiger partial charge in [0.25, 0.3) is 0 Å². The van der Waals surface area contributed by atoms with Crippen LogP contribution in [-0.2, 0) is 11.2 Å². The SMILES string of the molecule is CCNC(=O)C(C)NCC1Cc2cc(C)ccc2O1. The van der Waals surface area contributed by atoms with Crippen molar-refractivity contribution in [3.63, 3.8) is 0 Å². The van der Waals surface area contributed by atoms with E-state index in [0.717, 1.165) is 12.2 Å². The first-order chi connectivity index (χ1) is 9.10. The zero-order valence-corrected chi connectivity index (χ0v) is 11.8. The van der Waals surface area contributed by atoms with Crippen molar-refractivity contribution in [2.24, 2.45) is 0 Å². The first-order valence-electron chi connectivity index (χ1n) is 6.87. The standard InChI is InChI=1S/C15H22N2O2/c1-4-16-15(18)11(3)17-9-13-8-12-7-10(2)5-6-14(12)19-13/h5-7,11,13,17H,4,8-9H2,1-3H3,(H,16,18). The molecule has 1 aliphatic heterocycles. The summed E-state index contributed by atoms with van der Waals surface area (Å²) in [5.41, 5.74) is 2.52. The molecular weight excluding hydrogens is 240 g/mol. The molecule has 1 aromatic rings. The van der Waals surface area contributed by atoms with Crippen LogP contribution in [0.2, 0.25) is 0 Å². The second kappa shape index (κ2) is 6.06. The van der Waals surface area contributed by atoms with Crippen LogP contribution in [0.3, 0.4) is 0 Å². The molecule has 0 radical (unpaired) electrons. The van der Waals surface area contributed by atoms with Gasteiger partial charge in [-0.3, -0.25) is 4.79 Å². The Morgan fingerprint density at radius 1 is 1.53 bits per heavy atom. The normalized spacial score (nSPS) is 18.6. The van der Waals surface area contributed by atoms with Crippen LogP contribution in [-0.4, -0.2) is 31.1 Å². The number of hydrogen-bond acceptors (Lipinski definition) is 3. The van der Waals surface area contributed by atoms with Crippen LogP contribution < -0.4 is 15.4 Å². The Kier molecular flexibility index (Phi) is 4.43. The van der Waals surface area contributed by atoms with Gasteiger partial charge in [-0.25, -0.2) is 0 Å². The quantitative estimate of drug-likeness (QED) is 0.843. The number of carbonyl (C=O) groups excluding carboxylic acids is 1. The Bertz CT molecular complexity index is 459. The smallest absolute Gasteiger partial charge is 0.236 e. The number of amides is 1. The van der Waals surface area contributed by atoms with Crippen LogP contribution in [0.25, 0.3) is 0 Å². The molecule has 2 atom stereocenters. The van der Waals surface area contributed by atoms with E-state index in [2.05, 4.69) is 29.7 Å². The number of hydrogen-bond donors (Lipinski definition) is 2. The van der Waals surface area contributed by atoms with E-state index < -0.39 is 0 Å². The van der Waals surface area contributed by atoms with Crippen LogP contribution >= 0.6 is 0 Å². The molecule has 4 nitrogen and oxygen atoms in total. The molecule has 0 fully saturated rings. The molecule has 1 aliphatic rings. The third kappa shape index (κ3) is 3.47. The van der Waals surface area contributed by atoms with E-state index in [0.29, 0.717) is 13.1 Å². The lowest BCUT2D eigenvalue weighted by Crippen LogP contribution is -2.45. The van der Waals surface area contributed by atoms with Gasteiger partial charge in [0.2, 0.25) is 5.91 Å². The molecule has 2 unspecified atom stereocenters. The van der Waals surface area contributed by atoms with E-state index in [9.17, 15) is 4.79 Å². The fourth-order valence-corrected chi connectivity index (χ4v) is 2.29. The molecule has 104 valence electrons. The Morgan fingerprint density at radius 2 is 2.32 bits per heavy atom. The molecule has 0 saturated heterocycles. The van der Waals surface area contributed by atoms with E-state index in [1.165, 1.54) is 11.1 Å². The van der Waals surface area contributed by atoms with Crippen molar-refractivity contribution in [1.29, 1.82) is 0 Å². The summed E-state index contributed by atoms with van der Waals surface area (Å²) >= 11 is 0. The van der Waals surface area contributed by atoms with Gasteiger partial charge >= 0.3 is 0 Å². The Hall–Kier alpha value is -1.55. The van der Waals surface area contributed by atoms with Crippen LogP contribution in [0.5, 0.6) is 5.75 Å². The van der Waals surface area contributed by atoms with Gasteiger partial charge in [0.15, 0.2) is 0 Å². The zero-order valence-electron chi connectivity index (χ0n) is 11.8. The molecule has 0 aromatic heterocycles.